The first-order valence-electron chi connectivity index (χ1n) is 10.1. The van der Waals surface area contributed by atoms with Crippen molar-refractivity contribution in [2.24, 2.45) is 0 Å². The van der Waals surface area contributed by atoms with E-state index in [9.17, 15) is 9.59 Å². The molecule has 162 valence electrons. The van der Waals surface area contributed by atoms with Crippen molar-refractivity contribution >= 4 is 27.7 Å². The Morgan fingerprint density at radius 2 is 1.60 bits per heavy atom. The lowest BCUT2D eigenvalue weighted by molar-refractivity contribution is -0.142. The topological polar surface area (TPSA) is 58.6 Å². The third kappa shape index (κ3) is 6.59. The van der Waals surface area contributed by atoms with Crippen molar-refractivity contribution in [2.75, 3.05) is 6.61 Å². The number of amides is 2. The number of carbonyl (C=O) groups excluding carboxylic acids is 2. The van der Waals surface area contributed by atoms with Gasteiger partial charge in [-0.1, -0.05) is 45.8 Å². The molecule has 0 heterocycles. The number of nitrogens with zero attached hydrogens (tertiary/aromatic N) is 1. The number of nitrogens with one attached hydrogen (secondary N) is 1. The van der Waals surface area contributed by atoms with E-state index in [-0.39, 0.29) is 24.5 Å². The van der Waals surface area contributed by atoms with Crippen LogP contribution in [-0.2, 0) is 16.1 Å². The van der Waals surface area contributed by atoms with Gasteiger partial charge in [0.15, 0.2) is 6.61 Å². The molecule has 2 aromatic rings. The molecule has 5 nitrogen and oxygen atoms in total. The number of halogens is 1. The van der Waals surface area contributed by atoms with E-state index in [4.69, 9.17) is 4.74 Å². The number of hydrogen-bond acceptors (Lipinski definition) is 3. The summed E-state index contributed by atoms with van der Waals surface area (Å²) in [5.41, 5.74) is 4.19. The first kappa shape index (κ1) is 23.9. The summed E-state index contributed by atoms with van der Waals surface area (Å²) in [6, 6.07) is 11.1. The van der Waals surface area contributed by atoms with E-state index >= 15 is 0 Å². The molecule has 30 heavy (non-hydrogen) atoms. The first-order valence-corrected chi connectivity index (χ1v) is 10.9. The van der Waals surface area contributed by atoms with E-state index < -0.39 is 6.04 Å². The number of carbonyl (C=O) groups is 2. The summed E-state index contributed by atoms with van der Waals surface area (Å²) in [7, 11) is 0. The minimum atomic E-state index is -0.613. The van der Waals surface area contributed by atoms with Crippen molar-refractivity contribution in [3.05, 3.63) is 63.1 Å². The highest BCUT2D eigenvalue weighted by atomic mass is 79.9. The van der Waals surface area contributed by atoms with Crippen LogP contribution in [0, 0.1) is 20.8 Å². The highest BCUT2D eigenvalue weighted by Gasteiger charge is 2.27. The molecular weight excluding hydrogens is 444 g/mol. The Hall–Kier alpha value is -2.34. The van der Waals surface area contributed by atoms with Crippen LogP contribution in [0.4, 0.5) is 0 Å². The number of rotatable bonds is 8. The van der Waals surface area contributed by atoms with Gasteiger partial charge in [-0.3, -0.25) is 9.59 Å². The van der Waals surface area contributed by atoms with Crippen molar-refractivity contribution in [1.82, 2.24) is 10.2 Å². The molecule has 0 aromatic heterocycles. The van der Waals surface area contributed by atoms with Crippen LogP contribution in [0.1, 0.15) is 43.0 Å². The highest BCUT2D eigenvalue weighted by Crippen LogP contribution is 2.26. The van der Waals surface area contributed by atoms with Gasteiger partial charge in [0.25, 0.3) is 5.91 Å². The molecular formula is C24H31BrN2O3. The van der Waals surface area contributed by atoms with Crippen LogP contribution in [0.5, 0.6) is 5.75 Å². The predicted octanol–water partition coefficient (Wildman–Crippen LogP) is 4.70. The van der Waals surface area contributed by atoms with Gasteiger partial charge in [0, 0.05) is 17.1 Å². The third-order valence-corrected chi connectivity index (χ3v) is 6.09. The zero-order valence-electron chi connectivity index (χ0n) is 18.6. The van der Waals surface area contributed by atoms with Crippen molar-refractivity contribution in [3.63, 3.8) is 0 Å². The second kappa shape index (κ2) is 10.6. The summed E-state index contributed by atoms with van der Waals surface area (Å²) in [6.07, 6.45) is 0. The predicted molar refractivity (Wildman–Crippen MR) is 124 cm³/mol. The Labute approximate surface area is 187 Å². The van der Waals surface area contributed by atoms with Crippen molar-refractivity contribution < 1.29 is 14.3 Å². The van der Waals surface area contributed by atoms with Gasteiger partial charge in [0.05, 0.1) is 0 Å². The number of hydrogen-bond donors (Lipinski definition) is 1. The Morgan fingerprint density at radius 3 is 2.13 bits per heavy atom. The fourth-order valence-electron chi connectivity index (χ4n) is 3.10. The van der Waals surface area contributed by atoms with Gasteiger partial charge in [0.2, 0.25) is 5.91 Å². The largest absolute Gasteiger partial charge is 0.484 e. The van der Waals surface area contributed by atoms with Crippen LogP contribution in [0.3, 0.4) is 0 Å². The first-order chi connectivity index (χ1) is 14.1. The van der Waals surface area contributed by atoms with Crippen LogP contribution >= 0.6 is 15.9 Å². The molecule has 2 aromatic carbocycles. The third-order valence-electron chi connectivity index (χ3n) is 4.84. The van der Waals surface area contributed by atoms with Gasteiger partial charge in [0.1, 0.15) is 11.8 Å². The van der Waals surface area contributed by atoms with Gasteiger partial charge in [-0.05, 0) is 70.4 Å². The molecule has 0 radical (unpaired) electrons. The Morgan fingerprint density at radius 1 is 1.03 bits per heavy atom. The minimum Gasteiger partial charge on any atom is -0.484 e. The molecule has 6 heteroatoms. The second-order valence-corrected chi connectivity index (χ2v) is 8.80. The summed E-state index contributed by atoms with van der Waals surface area (Å²) in [5.74, 6) is 0.220. The van der Waals surface area contributed by atoms with Crippen LogP contribution in [-0.4, -0.2) is 35.4 Å². The summed E-state index contributed by atoms with van der Waals surface area (Å²) >= 11 is 3.54. The van der Waals surface area contributed by atoms with E-state index in [0.29, 0.717) is 12.3 Å². The van der Waals surface area contributed by atoms with Gasteiger partial charge in [-0.25, -0.2) is 0 Å². The Balaban J connectivity index is 2.18. The van der Waals surface area contributed by atoms with Gasteiger partial charge in [-0.2, -0.15) is 0 Å². The van der Waals surface area contributed by atoms with E-state index in [0.717, 1.165) is 26.7 Å². The molecule has 0 aliphatic heterocycles. The van der Waals surface area contributed by atoms with Crippen LogP contribution < -0.4 is 10.1 Å². The van der Waals surface area contributed by atoms with E-state index in [1.54, 1.807) is 11.8 Å². The molecule has 2 amide bonds. The van der Waals surface area contributed by atoms with Crippen molar-refractivity contribution in [2.45, 2.75) is 60.2 Å². The van der Waals surface area contributed by atoms with Crippen LogP contribution in [0.25, 0.3) is 0 Å². The minimum absolute atomic E-state index is 0.00115. The smallest absolute Gasteiger partial charge is 0.261 e. The molecule has 0 bridgehead atoms. The van der Waals surface area contributed by atoms with Crippen molar-refractivity contribution in [3.8, 4) is 5.75 Å². The van der Waals surface area contributed by atoms with E-state index in [1.165, 1.54) is 0 Å². The summed E-state index contributed by atoms with van der Waals surface area (Å²) < 4.78 is 6.82. The Kier molecular flexibility index (Phi) is 8.47. The highest BCUT2D eigenvalue weighted by molar-refractivity contribution is 9.10. The molecule has 1 unspecified atom stereocenters. The average molecular weight is 475 g/mol. The molecule has 0 spiro atoms. The molecule has 0 aliphatic rings. The average Bonchev–Trinajstić information content (AvgIpc) is 2.68. The normalized spacial score (nSPS) is 11.9. The van der Waals surface area contributed by atoms with Crippen molar-refractivity contribution in [1.29, 1.82) is 0 Å². The number of ether oxygens (including phenoxy) is 1. The molecule has 1 N–H and O–H groups in total. The fraction of sp³-hybridized carbons (Fsp3) is 0.417. The monoisotopic (exact) mass is 474 g/mol. The standard InChI is InChI=1S/C24H31BrN2O3/c1-15(2)26-24(29)19(6)27(13-20-9-7-16(3)8-10-20)22(28)14-30-21-11-17(4)23(25)18(5)12-21/h7-12,15,19H,13-14H2,1-6H3,(H,26,29). The molecule has 0 fully saturated rings. The fourth-order valence-corrected chi connectivity index (χ4v) is 3.32. The molecule has 0 saturated carbocycles. The maximum absolute atomic E-state index is 13.1. The van der Waals surface area contributed by atoms with Crippen LogP contribution in [0.15, 0.2) is 40.9 Å². The maximum Gasteiger partial charge on any atom is 0.261 e. The number of aryl methyl sites for hydroxylation is 3. The zero-order valence-corrected chi connectivity index (χ0v) is 20.2. The lowest BCUT2D eigenvalue weighted by atomic mass is 10.1. The molecule has 1 atom stereocenters. The zero-order chi connectivity index (χ0) is 22.4. The quantitative estimate of drug-likeness (QED) is 0.603. The SMILES string of the molecule is Cc1ccc(CN(C(=O)COc2cc(C)c(Br)c(C)c2)C(C)C(=O)NC(C)C)cc1. The maximum atomic E-state index is 13.1. The van der Waals surface area contributed by atoms with Crippen LogP contribution in [0.2, 0.25) is 0 Å². The van der Waals surface area contributed by atoms with E-state index in [1.807, 2.05) is 71.0 Å². The van der Waals surface area contributed by atoms with E-state index in [2.05, 4.69) is 21.2 Å². The second-order valence-electron chi connectivity index (χ2n) is 8.01. The lowest BCUT2D eigenvalue weighted by Gasteiger charge is -2.29. The molecule has 0 saturated heterocycles. The van der Waals surface area contributed by atoms with Gasteiger partial charge in [-0.15, -0.1) is 0 Å². The number of benzene rings is 2. The molecule has 2 rings (SSSR count). The Bertz CT molecular complexity index is 871. The summed E-state index contributed by atoms with van der Waals surface area (Å²) in [4.78, 5) is 27.2. The molecule has 0 aliphatic carbocycles. The van der Waals surface area contributed by atoms with Gasteiger partial charge >= 0.3 is 0 Å². The summed E-state index contributed by atoms with van der Waals surface area (Å²) in [6.45, 7) is 11.7. The lowest BCUT2D eigenvalue weighted by Crippen LogP contribution is -2.50. The summed E-state index contributed by atoms with van der Waals surface area (Å²) in [5, 5.41) is 2.89. The van der Waals surface area contributed by atoms with Gasteiger partial charge < -0.3 is 15.0 Å².